The quantitative estimate of drug-likeness (QED) is 0.297. The largest absolute Gasteiger partial charge is 0.354 e. The molecule has 0 bridgehead atoms. The number of carbonyl (C=O) groups excluding carboxylic acids is 2. The first-order valence-corrected chi connectivity index (χ1v) is 14.5. The second-order valence-electron chi connectivity index (χ2n) is 9.27. The zero-order valence-corrected chi connectivity index (χ0v) is 23.8. The fraction of sp³-hybridized carbons (Fsp3) is 0.310. The van der Waals surface area contributed by atoms with Gasteiger partial charge in [0.25, 0.3) is 10.0 Å². The maximum absolute atomic E-state index is 13.8. The van der Waals surface area contributed by atoms with Gasteiger partial charge in [-0.05, 0) is 74.4 Å². The number of halogens is 2. The minimum absolute atomic E-state index is 0.0167. The van der Waals surface area contributed by atoms with Gasteiger partial charge in [-0.15, -0.1) is 0 Å². The number of rotatable bonds is 12. The average Bonchev–Trinajstić information content (AvgIpc) is 2.90. The molecule has 0 unspecified atom stereocenters. The van der Waals surface area contributed by atoms with Crippen LogP contribution >= 0.6 is 11.6 Å². The predicted molar refractivity (Wildman–Crippen MR) is 151 cm³/mol. The molecule has 1 atom stereocenters. The van der Waals surface area contributed by atoms with E-state index in [1.54, 1.807) is 43.3 Å². The van der Waals surface area contributed by atoms with Crippen molar-refractivity contribution < 1.29 is 22.4 Å². The molecule has 3 rings (SSSR count). The topological polar surface area (TPSA) is 86.8 Å². The highest BCUT2D eigenvalue weighted by Gasteiger charge is 2.32. The van der Waals surface area contributed by atoms with Gasteiger partial charge in [0.1, 0.15) is 18.4 Å². The number of benzene rings is 3. The number of nitrogens with one attached hydrogen (secondary N) is 1. The highest BCUT2D eigenvalue weighted by molar-refractivity contribution is 7.92. The first-order chi connectivity index (χ1) is 18.5. The van der Waals surface area contributed by atoms with E-state index in [0.717, 1.165) is 34.8 Å². The summed E-state index contributed by atoms with van der Waals surface area (Å²) < 4.78 is 42.1. The van der Waals surface area contributed by atoms with Crippen LogP contribution in [0.2, 0.25) is 5.02 Å². The molecule has 7 nitrogen and oxygen atoms in total. The summed E-state index contributed by atoms with van der Waals surface area (Å²) in [4.78, 5) is 28.1. The van der Waals surface area contributed by atoms with E-state index in [-0.39, 0.29) is 23.0 Å². The molecule has 0 spiro atoms. The van der Waals surface area contributed by atoms with Crippen molar-refractivity contribution in [3.8, 4) is 0 Å². The molecule has 3 aromatic rings. The van der Waals surface area contributed by atoms with E-state index >= 15 is 0 Å². The number of aryl methyl sites for hydroxylation is 1. The fourth-order valence-electron chi connectivity index (χ4n) is 3.92. The Morgan fingerprint density at radius 2 is 1.69 bits per heavy atom. The standard InChI is InChI=1S/C29H33ClFN3O4S/c1-4-5-17-32-29(36)22(3)33(19-23-7-6-8-24(30)18-23)28(35)20-34(26-13-11-25(31)12-14-26)39(37,38)27-15-9-21(2)10-16-27/h6-16,18,22H,4-5,17,19-20H2,1-3H3,(H,32,36)/t22-/m1/s1. The highest BCUT2D eigenvalue weighted by Crippen LogP contribution is 2.25. The van der Waals surface area contributed by atoms with E-state index in [1.165, 1.54) is 29.2 Å². The number of unbranched alkanes of at least 4 members (excludes halogenated alkanes) is 1. The van der Waals surface area contributed by atoms with Crippen molar-refractivity contribution in [3.05, 3.63) is 94.8 Å². The Kier molecular flexibility index (Phi) is 10.5. The number of sulfonamides is 1. The molecule has 208 valence electrons. The Hall–Kier alpha value is -3.43. The van der Waals surface area contributed by atoms with Gasteiger partial charge in [0, 0.05) is 18.1 Å². The number of hydrogen-bond acceptors (Lipinski definition) is 4. The summed E-state index contributed by atoms with van der Waals surface area (Å²) >= 11 is 6.15. The van der Waals surface area contributed by atoms with Crippen LogP contribution in [0.15, 0.2) is 77.7 Å². The van der Waals surface area contributed by atoms with Gasteiger partial charge >= 0.3 is 0 Å². The maximum atomic E-state index is 13.8. The first-order valence-electron chi connectivity index (χ1n) is 12.7. The van der Waals surface area contributed by atoms with E-state index in [4.69, 9.17) is 11.6 Å². The van der Waals surface area contributed by atoms with E-state index in [2.05, 4.69) is 5.32 Å². The first kappa shape index (κ1) is 30.1. The second-order valence-corrected chi connectivity index (χ2v) is 11.6. The number of carbonyl (C=O) groups is 2. The third-order valence-electron chi connectivity index (χ3n) is 6.24. The zero-order valence-electron chi connectivity index (χ0n) is 22.2. The summed E-state index contributed by atoms with van der Waals surface area (Å²) in [6.45, 7) is 5.32. The van der Waals surface area contributed by atoms with Gasteiger partial charge in [0.2, 0.25) is 11.8 Å². The van der Waals surface area contributed by atoms with Gasteiger partial charge in [-0.3, -0.25) is 13.9 Å². The second kappa shape index (κ2) is 13.6. The van der Waals surface area contributed by atoms with Crippen LogP contribution in [0.1, 0.15) is 37.8 Å². The van der Waals surface area contributed by atoms with Gasteiger partial charge in [0.05, 0.1) is 10.6 Å². The van der Waals surface area contributed by atoms with Gasteiger partial charge in [-0.25, -0.2) is 12.8 Å². The number of nitrogens with zero attached hydrogens (tertiary/aromatic N) is 2. The van der Waals surface area contributed by atoms with E-state index in [9.17, 15) is 22.4 Å². The molecule has 1 N–H and O–H groups in total. The van der Waals surface area contributed by atoms with Crippen LogP contribution in [-0.2, 0) is 26.2 Å². The van der Waals surface area contributed by atoms with E-state index in [1.807, 2.05) is 13.8 Å². The molecule has 10 heteroatoms. The van der Waals surface area contributed by atoms with Crippen molar-refractivity contribution in [1.82, 2.24) is 10.2 Å². The van der Waals surface area contributed by atoms with Gasteiger partial charge in [-0.1, -0.05) is 54.8 Å². The molecular weight excluding hydrogens is 541 g/mol. The maximum Gasteiger partial charge on any atom is 0.264 e. The number of hydrogen-bond donors (Lipinski definition) is 1. The molecule has 2 amide bonds. The molecule has 0 saturated carbocycles. The van der Waals surface area contributed by atoms with Crippen LogP contribution in [0.4, 0.5) is 10.1 Å². The molecular formula is C29H33ClFN3O4S. The number of amides is 2. The predicted octanol–water partition coefficient (Wildman–Crippen LogP) is 5.32. The lowest BCUT2D eigenvalue weighted by atomic mass is 10.1. The molecule has 0 aliphatic heterocycles. The number of anilines is 1. The summed E-state index contributed by atoms with van der Waals surface area (Å²) in [5.41, 5.74) is 1.67. The van der Waals surface area contributed by atoms with Gasteiger partial charge in [0.15, 0.2) is 0 Å². The third kappa shape index (κ3) is 8.03. The van der Waals surface area contributed by atoms with Crippen LogP contribution in [0.3, 0.4) is 0 Å². The molecule has 0 aliphatic carbocycles. The third-order valence-corrected chi connectivity index (χ3v) is 8.26. The minimum atomic E-state index is -4.21. The van der Waals surface area contributed by atoms with Crippen molar-refractivity contribution in [1.29, 1.82) is 0 Å². The monoisotopic (exact) mass is 573 g/mol. The Morgan fingerprint density at radius 1 is 1.03 bits per heavy atom. The highest BCUT2D eigenvalue weighted by atomic mass is 35.5. The summed E-state index contributed by atoms with van der Waals surface area (Å²) in [5, 5.41) is 3.30. The van der Waals surface area contributed by atoms with Crippen molar-refractivity contribution >= 4 is 39.1 Å². The van der Waals surface area contributed by atoms with Crippen LogP contribution in [0.25, 0.3) is 0 Å². The van der Waals surface area contributed by atoms with Crippen LogP contribution in [0.5, 0.6) is 0 Å². The summed E-state index contributed by atoms with van der Waals surface area (Å²) in [6.07, 6.45) is 1.68. The summed E-state index contributed by atoms with van der Waals surface area (Å²) in [7, 11) is -4.21. The van der Waals surface area contributed by atoms with E-state index < -0.39 is 34.3 Å². The van der Waals surface area contributed by atoms with Crippen molar-refractivity contribution in [3.63, 3.8) is 0 Å². The lowest BCUT2D eigenvalue weighted by Crippen LogP contribution is -2.51. The van der Waals surface area contributed by atoms with Crippen molar-refractivity contribution in [2.24, 2.45) is 0 Å². The Morgan fingerprint density at radius 3 is 2.31 bits per heavy atom. The molecule has 0 aliphatic rings. The normalized spacial score (nSPS) is 12.0. The molecule has 39 heavy (non-hydrogen) atoms. The Labute approximate surface area is 234 Å². The average molecular weight is 574 g/mol. The van der Waals surface area contributed by atoms with Gasteiger partial charge < -0.3 is 10.2 Å². The minimum Gasteiger partial charge on any atom is -0.354 e. The lowest BCUT2D eigenvalue weighted by molar-refractivity contribution is -0.139. The lowest BCUT2D eigenvalue weighted by Gasteiger charge is -2.32. The fourth-order valence-corrected chi connectivity index (χ4v) is 5.55. The molecule has 0 aromatic heterocycles. The Bertz CT molecular complexity index is 1380. The molecule has 0 saturated heterocycles. The summed E-state index contributed by atoms with van der Waals surface area (Å²) in [5.74, 6) is -1.50. The molecule has 3 aromatic carbocycles. The summed E-state index contributed by atoms with van der Waals surface area (Å²) in [6, 6.07) is 17.1. The van der Waals surface area contributed by atoms with Crippen molar-refractivity contribution in [2.75, 3.05) is 17.4 Å². The SMILES string of the molecule is CCCCNC(=O)[C@@H](C)N(Cc1cccc(Cl)c1)C(=O)CN(c1ccc(F)cc1)S(=O)(=O)c1ccc(C)cc1. The van der Waals surface area contributed by atoms with Gasteiger partial charge in [-0.2, -0.15) is 0 Å². The van der Waals surface area contributed by atoms with Crippen LogP contribution < -0.4 is 9.62 Å². The molecule has 0 heterocycles. The molecule has 0 radical (unpaired) electrons. The van der Waals surface area contributed by atoms with Crippen LogP contribution in [-0.4, -0.2) is 44.3 Å². The van der Waals surface area contributed by atoms with Crippen LogP contribution in [0, 0.1) is 12.7 Å². The Balaban J connectivity index is 1.99. The van der Waals surface area contributed by atoms with E-state index in [0.29, 0.717) is 17.1 Å². The molecule has 0 fully saturated rings. The smallest absolute Gasteiger partial charge is 0.264 e. The van der Waals surface area contributed by atoms with Crippen molar-refractivity contribution in [2.45, 2.75) is 51.1 Å². The zero-order chi connectivity index (χ0) is 28.6.